The van der Waals surface area contributed by atoms with E-state index in [4.69, 9.17) is 10.00 Å². The van der Waals surface area contributed by atoms with Crippen LogP contribution in [-0.2, 0) is 0 Å². The molecular formula is C12H13NO. The molecule has 0 bridgehead atoms. The number of hydrogen-bond acceptors (Lipinski definition) is 2. The van der Waals surface area contributed by atoms with Crippen molar-refractivity contribution in [2.45, 2.75) is 32.3 Å². The molecule has 0 radical (unpaired) electrons. The van der Waals surface area contributed by atoms with Gasteiger partial charge in [0, 0.05) is 0 Å². The zero-order valence-corrected chi connectivity index (χ0v) is 8.29. The van der Waals surface area contributed by atoms with E-state index >= 15 is 0 Å². The standard InChI is InChI=1S/C12H13NO/c1-9-4-2-5-10(8-13)12(9)14-11-6-3-7-11/h2,4-5,11H,3,6-7H2,1H3. The van der Waals surface area contributed by atoms with Crippen molar-refractivity contribution >= 4 is 0 Å². The lowest BCUT2D eigenvalue weighted by molar-refractivity contribution is 0.119. The molecule has 0 spiro atoms. The maximum Gasteiger partial charge on any atom is 0.140 e. The molecule has 0 aliphatic heterocycles. The molecule has 1 aliphatic rings. The third-order valence-corrected chi connectivity index (χ3v) is 2.67. The van der Waals surface area contributed by atoms with Crippen molar-refractivity contribution in [3.63, 3.8) is 0 Å². The Labute approximate surface area is 84.1 Å². The Balaban J connectivity index is 2.25. The molecule has 0 N–H and O–H groups in total. The maximum atomic E-state index is 8.92. The monoisotopic (exact) mass is 187 g/mol. The summed E-state index contributed by atoms with van der Waals surface area (Å²) in [5, 5.41) is 8.92. The van der Waals surface area contributed by atoms with Gasteiger partial charge in [-0.3, -0.25) is 0 Å². The fraction of sp³-hybridized carbons (Fsp3) is 0.417. The van der Waals surface area contributed by atoms with Crippen molar-refractivity contribution in [2.24, 2.45) is 0 Å². The molecule has 1 saturated carbocycles. The van der Waals surface area contributed by atoms with E-state index in [0.29, 0.717) is 11.7 Å². The fourth-order valence-corrected chi connectivity index (χ4v) is 1.55. The first-order chi connectivity index (χ1) is 6.81. The molecule has 2 nitrogen and oxygen atoms in total. The predicted octanol–water partition coefficient (Wildman–Crippen LogP) is 2.80. The van der Waals surface area contributed by atoms with Gasteiger partial charge in [0.05, 0.1) is 11.7 Å². The van der Waals surface area contributed by atoms with E-state index in [2.05, 4.69) is 6.07 Å². The zero-order valence-electron chi connectivity index (χ0n) is 8.29. The normalized spacial score (nSPS) is 15.7. The highest BCUT2D eigenvalue weighted by molar-refractivity contribution is 5.48. The number of para-hydroxylation sites is 1. The highest BCUT2D eigenvalue weighted by atomic mass is 16.5. The Morgan fingerprint density at radius 3 is 2.79 bits per heavy atom. The minimum Gasteiger partial charge on any atom is -0.489 e. The van der Waals surface area contributed by atoms with Crippen molar-refractivity contribution in [1.29, 1.82) is 5.26 Å². The van der Waals surface area contributed by atoms with E-state index in [9.17, 15) is 0 Å². The van der Waals surface area contributed by atoms with E-state index in [-0.39, 0.29) is 0 Å². The quantitative estimate of drug-likeness (QED) is 0.713. The van der Waals surface area contributed by atoms with E-state index in [1.165, 1.54) is 6.42 Å². The number of aryl methyl sites for hydroxylation is 1. The maximum absolute atomic E-state index is 8.92. The summed E-state index contributed by atoms with van der Waals surface area (Å²) in [7, 11) is 0. The van der Waals surface area contributed by atoms with Crippen LogP contribution in [0, 0.1) is 18.3 Å². The fourth-order valence-electron chi connectivity index (χ4n) is 1.55. The Morgan fingerprint density at radius 1 is 1.43 bits per heavy atom. The molecule has 14 heavy (non-hydrogen) atoms. The first kappa shape index (κ1) is 9.08. The highest BCUT2D eigenvalue weighted by Gasteiger charge is 2.21. The summed E-state index contributed by atoms with van der Waals surface area (Å²) in [6, 6.07) is 7.84. The Morgan fingerprint density at radius 2 is 2.21 bits per heavy atom. The summed E-state index contributed by atoms with van der Waals surface area (Å²) in [4.78, 5) is 0. The largest absolute Gasteiger partial charge is 0.489 e. The number of ether oxygens (including phenoxy) is 1. The lowest BCUT2D eigenvalue weighted by atomic mass is 9.96. The van der Waals surface area contributed by atoms with Crippen LogP contribution in [0.1, 0.15) is 30.4 Å². The van der Waals surface area contributed by atoms with Gasteiger partial charge < -0.3 is 4.74 Å². The van der Waals surface area contributed by atoms with Crippen LogP contribution in [0.3, 0.4) is 0 Å². The SMILES string of the molecule is Cc1cccc(C#N)c1OC1CCC1. The summed E-state index contributed by atoms with van der Waals surface area (Å²) in [6.45, 7) is 1.98. The zero-order chi connectivity index (χ0) is 9.97. The van der Waals surface area contributed by atoms with E-state index in [1.54, 1.807) is 6.07 Å². The number of rotatable bonds is 2. The topological polar surface area (TPSA) is 33.0 Å². The van der Waals surface area contributed by atoms with Gasteiger partial charge in [-0.2, -0.15) is 5.26 Å². The van der Waals surface area contributed by atoms with E-state index in [0.717, 1.165) is 24.2 Å². The lowest BCUT2D eigenvalue weighted by Crippen LogP contribution is -2.25. The molecule has 1 aromatic rings. The smallest absolute Gasteiger partial charge is 0.140 e. The molecule has 2 rings (SSSR count). The molecule has 1 aliphatic carbocycles. The van der Waals surface area contributed by atoms with E-state index < -0.39 is 0 Å². The summed E-state index contributed by atoms with van der Waals surface area (Å²) in [6.07, 6.45) is 3.83. The van der Waals surface area contributed by atoms with Crippen LogP contribution < -0.4 is 4.74 Å². The second kappa shape index (κ2) is 3.71. The van der Waals surface area contributed by atoms with Crippen LogP contribution in [-0.4, -0.2) is 6.10 Å². The van der Waals surface area contributed by atoms with Gasteiger partial charge in [0.1, 0.15) is 11.8 Å². The Hall–Kier alpha value is -1.49. The number of nitriles is 1. The minimum atomic E-state index is 0.336. The molecule has 0 amide bonds. The first-order valence-corrected chi connectivity index (χ1v) is 4.97. The summed E-state index contributed by atoms with van der Waals surface area (Å²) >= 11 is 0. The van der Waals surface area contributed by atoms with E-state index in [1.807, 2.05) is 19.1 Å². The van der Waals surface area contributed by atoms with Crippen LogP contribution >= 0.6 is 0 Å². The number of hydrogen-bond donors (Lipinski definition) is 0. The molecule has 0 atom stereocenters. The van der Waals surface area contributed by atoms with Gasteiger partial charge in [0.15, 0.2) is 0 Å². The van der Waals surface area contributed by atoms with Gasteiger partial charge in [-0.25, -0.2) is 0 Å². The van der Waals surface area contributed by atoms with Gasteiger partial charge in [0.2, 0.25) is 0 Å². The van der Waals surface area contributed by atoms with Crippen molar-refractivity contribution in [1.82, 2.24) is 0 Å². The molecule has 0 saturated heterocycles. The average Bonchev–Trinajstić information content (AvgIpc) is 2.12. The third-order valence-electron chi connectivity index (χ3n) is 2.67. The molecule has 2 heteroatoms. The van der Waals surface area contributed by atoms with Crippen LogP contribution in [0.15, 0.2) is 18.2 Å². The predicted molar refractivity (Wildman–Crippen MR) is 54.2 cm³/mol. The average molecular weight is 187 g/mol. The van der Waals surface area contributed by atoms with Crippen molar-refractivity contribution in [3.8, 4) is 11.8 Å². The second-order valence-corrected chi connectivity index (χ2v) is 3.73. The van der Waals surface area contributed by atoms with Crippen molar-refractivity contribution in [3.05, 3.63) is 29.3 Å². The summed E-state index contributed by atoms with van der Waals surface area (Å²) in [5.41, 5.74) is 1.70. The molecular weight excluding hydrogens is 174 g/mol. The molecule has 0 aromatic heterocycles. The van der Waals surface area contributed by atoms with Crippen molar-refractivity contribution < 1.29 is 4.74 Å². The molecule has 0 unspecified atom stereocenters. The van der Waals surface area contributed by atoms with Gasteiger partial charge in [0.25, 0.3) is 0 Å². The summed E-state index contributed by atoms with van der Waals surface area (Å²) < 4.78 is 5.78. The van der Waals surface area contributed by atoms with Crippen LogP contribution in [0.25, 0.3) is 0 Å². The van der Waals surface area contributed by atoms with Crippen LogP contribution in [0.4, 0.5) is 0 Å². The highest BCUT2D eigenvalue weighted by Crippen LogP contribution is 2.29. The number of benzene rings is 1. The lowest BCUT2D eigenvalue weighted by Gasteiger charge is -2.27. The minimum absolute atomic E-state index is 0.336. The second-order valence-electron chi connectivity index (χ2n) is 3.73. The number of nitrogens with zero attached hydrogens (tertiary/aromatic N) is 1. The molecule has 1 fully saturated rings. The molecule has 1 aromatic carbocycles. The van der Waals surface area contributed by atoms with Gasteiger partial charge in [-0.1, -0.05) is 12.1 Å². The Bertz CT molecular complexity index is 374. The Kier molecular flexibility index (Phi) is 2.41. The molecule has 72 valence electrons. The van der Waals surface area contributed by atoms with Crippen LogP contribution in [0.2, 0.25) is 0 Å². The third kappa shape index (κ3) is 1.58. The van der Waals surface area contributed by atoms with Gasteiger partial charge in [-0.05, 0) is 37.8 Å². The summed E-state index contributed by atoms with van der Waals surface area (Å²) in [5.74, 6) is 0.778. The van der Waals surface area contributed by atoms with Gasteiger partial charge >= 0.3 is 0 Å². The van der Waals surface area contributed by atoms with Crippen LogP contribution in [0.5, 0.6) is 5.75 Å². The molecule has 0 heterocycles. The van der Waals surface area contributed by atoms with Crippen molar-refractivity contribution in [2.75, 3.05) is 0 Å². The first-order valence-electron chi connectivity index (χ1n) is 4.97. The van der Waals surface area contributed by atoms with Gasteiger partial charge in [-0.15, -0.1) is 0 Å².